The number of amides is 1. The first-order chi connectivity index (χ1) is 13.1. The molecular formula is C20H30N6O. The van der Waals surface area contributed by atoms with E-state index >= 15 is 0 Å². The van der Waals surface area contributed by atoms with E-state index < -0.39 is 0 Å². The summed E-state index contributed by atoms with van der Waals surface area (Å²) in [5.74, 6) is 2.04. The Balaban J connectivity index is 1.68. The van der Waals surface area contributed by atoms with Crippen molar-refractivity contribution in [1.29, 1.82) is 0 Å². The Morgan fingerprint density at radius 2 is 2.22 bits per heavy atom. The number of nitrogens with one attached hydrogen (secondary N) is 1. The molecular weight excluding hydrogens is 340 g/mol. The van der Waals surface area contributed by atoms with Crippen molar-refractivity contribution >= 4 is 22.9 Å². The highest BCUT2D eigenvalue weighted by atomic mass is 16.1. The third-order valence-corrected chi connectivity index (χ3v) is 5.07. The Morgan fingerprint density at radius 1 is 1.41 bits per heavy atom. The summed E-state index contributed by atoms with van der Waals surface area (Å²) in [6, 6.07) is 8.20. The summed E-state index contributed by atoms with van der Waals surface area (Å²) in [6.07, 6.45) is 2.57. The molecule has 1 fully saturated rings. The van der Waals surface area contributed by atoms with Gasteiger partial charge in [-0.2, -0.15) is 0 Å². The van der Waals surface area contributed by atoms with Gasteiger partial charge in [0, 0.05) is 32.6 Å². The number of guanidine groups is 1. The number of imidazole rings is 1. The van der Waals surface area contributed by atoms with Crippen LogP contribution in [0.3, 0.4) is 0 Å². The fraction of sp³-hybridized carbons (Fsp3) is 0.550. The molecule has 2 heterocycles. The van der Waals surface area contributed by atoms with Gasteiger partial charge in [0.1, 0.15) is 5.82 Å². The zero-order valence-electron chi connectivity index (χ0n) is 16.3. The number of carbonyl (C=O) groups is 1. The maximum absolute atomic E-state index is 11.3. The van der Waals surface area contributed by atoms with Crippen molar-refractivity contribution in [3.8, 4) is 0 Å². The second kappa shape index (κ2) is 8.88. The number of primary amides is 1. The first-order valence-corrected chi connectivity index (χ1v) is 9.82. The lowest BCUT2D eigenvalue weighted by atomic mass is 9.95. The maximum Gasteiger partial charge on any atom is 0.217 e. The molecule has 2 aromatic rings. The van der Waals surface area contributed by atoms with E-state index in [1.54, 1.807) is 0 Å². The van der Waals surface area contributed by atoms with Gasteiger partial charge >= 0.3 is 0 Å². The number of hydrogen-bond donors (Lipinski definition) is 2. The van der Waals surface area contributed by atoms with Crippen LogP contribution in [0.1, 0.15) is 32.0 Å². The molecule has 3 rings (SSSR count). The van der Waals surface area contributed by atoms with Crippen LogP contribution in [0, 0.1) is 12.8 Å². The first kappa shape index (κ1) is 19.2. The molecule has 146 valence electrons. The van der Waals surface area contributed by atoms with E-state index in [1.165, 1.54) is 0 Å². The normalized spacial score (nSPS) is 18.1. The van der Waals surface area contributed by atoms with E-state index in [4.69, 9.17) is 10.7 Å². The van der Waals surface area contributed by atoms with Gasteiger partial charge in [-0.1, -0.05) is 12.1 Å². The van der Waals surface area contributed by atoms with Crippen LogP contribution in [-0.2, 0) is 11.3 Å². The third kappa shape index (κ3) is 4.78. The van der Waals surface area contributed by atoms with E-state index in [0.717, 1.165) is 61.8 Å². The van der Waals surface area contributed by atoms with Gasteiger partial charge in [-0.25, -0.2) is 4.98 Å². The lowest BCUT2D eigenvalue weighted by Gasteiger charge is -2.34. The van der Waals surface area contributed by atoms with Crippen LogP contribution in [0.15, 0.2) is 29.3 Å². The van der Waals surface area contributed by atoms with Crippen molar-refractivity contribution in [3.63, 3.8) is 0 Å². The number of fused-ring (bicyclic) bond motifs is 1. The van der Waals surface area contributed by atoms with Gasteiger partial charge < -0.3 is 20.5 Å². The van der Waals surface area contributed by atoms with E-state index in [-0.39, 0.29) is 5.91 Å². The molecule has 0 saturated carbocycles. The number of benzene rings is 1. The van der Waals surface area contributed by atoms with Gasteiger partial charge in [0.15, 0.2) is 5.96 Å². The monoisotopic (exact) mass is 370 g/mol. The van der Waals surface area contributed by atoms with E-state index in [1.807, 2.05) is 25.1 Å². The van der Waals surface area contributed by atoms with Gasteiger partial charge in [-0.3, -0.25) is 9.79 Å². The zero-order chi connectivity index (χ0) is 19.2. The van der Waals surface area contributed by atoms with Crippen LogP contribution in [0.5, 0.6) is 0 Å². The fourth-order valence-corrected chi connectivity index (χ4v) is 3.87. The van der Waals surface area contributed by atoms with Crippen molar-refractivity contribution in [1.82, 2.24) is 19.8 Å². The van der Waals surface area contributed by atoms with Gasteiger partial charge in [-0.05, 0) is 44.7 Å². The molecule has 0 bridgehead atoms. The van der Waals surface area contributed by atoms with Crippen molar-refractivity contribution < 1.29 is 4.79 Å². The van der Waals surface area contributed by atoms with Crippen LogP contribution in [0.4, 0.5) is 0 Å². The number of nitrogens with zero attached hydrogens (tertiary/aromatic N) is 4. The highest BCUT2D eigenvalue weighted by Gasteiger charge is 2.23. The largest absolute Gasteiger partial charge is 0.370 e. The summed E-state index contributed by atoms with van der Waals surface area (Å²) in [6.45, 7) is 8.21. The first-order valence-electron chi connectivity index (χ1n) is 9.82. The summed E-state index contributed by atoms with van der Waals surface area (Å²) >= 11 is 0. The lowest BCUT2D eigenvalue weighted by Crippen LogP contribution is -2.47. The number of carbonyl (C=O) groups excluding carboxylic acids is 1. The molecule has 27 heavy (non-hydrogen) atoms. The van der Waals surface area contributed by atoms with Gasteiger partial charge in [0.05, 0.1) is 17.6 Å². The molecule has 7 nitrogen and oxygen atoms in total. The van der Waals surface area contributed by atoms with Gasteiger partial charge in [0.2, 0.25) is 5.91 Å². The molecule has 1 unspecified atom stereocenters. The molecule has 1 saturated heterocycles. The molecule has 0 spiro atoms. The number of likely N-dealkylation sites (tertiary alicyclic amines) is 1. The standard InChI is InChI=1S/C20H30N6O/c1-3-22-20(25-11-6-7-16(14-25)13-19(21)27)23-10-12-26-15(2)24-17-8-4-5-9-18(17)26/h4-5,8-9,16H,3,6-7,10-14H2,1-2H3,(H2,21,27)(H,22,23). The predicted molar refractivity (Wildman–Crippen MR) is 109 cm³/mol. The Kier molecular flexibility index (Phi) is 6.32. The SMILES string of the molecule is CCNC(=NCCn1c(C)nc2ccccc21)N1CCCC(CC(N)=O)C1. The third-order valence-electron chi connectivity index (χ3n) is 5.07. The Hall–Kier alpha value is -2.57. The minimum atomic E-state index is -0.216. The molecule has 1 aliphatic rings. The van der Waals surface area contributed by atoms with Crippen LogP contribution in [-0.4, -0.2) is 52.5 Å². The number of hydrogen-bond acceptors (Lipinski definition) is 3. The van der Waals surface area contributed by atoms with Crippen molar-refractivity contribution in [2.24, 2.45) is 16.6 Å². The molecule has 0 aliphatic carbocycles. The summed E-state index contributed by atoms with van der Waals surface area (Å²) in [5.41, 5.74) is 7.56. The predicted octanol–water partition coefficient (Wildman–Crippen LogP) is 1.90. The highest BCUT2D eigenvalue weighted by molar-refractivity contribution is 5.80. The Morgan fingerprint density at radius 3 is 3.00 bits per heavy atom. The summed E-state index contributed by atoms with van der Waals surface area (Å²) < 4.78 is 2.22. The van der Waals surface area contributed by atoms with Crippen molar-refractivity contribution in [3.05, 3.63) is 30.1 Å². The highest BCUT2D eigenvalue weighted by Crippen LogP contribution is 2.19. The van der Waals surface area contributed by atoms with E-state index in [0.29, 0.717) is 18.9 Å². The number of rotatable bonds is 6. The topological polar surface area (TPSA) is 88.5 Å². The number of para-hydroxylation sites is 2. The van der Waals surface area contributed by atoms with Gasteiger partial charge in [-0.15, -0.1) is 0 Å². The minimum absolute atomic E-state index is 0.216. The Labute approximate surface area is 160 Å². The average molecular weight is 371 g/mol. The maximum atomic E-state index is 11.3. The summed E-state index contributed by atoms with van der Waals surface area (Å²) in [7, 11) is 0. The molecule has 1 aromatic carbocycles. The quantitative estimate of drug-likeness (QED) is 0.600. The Bertz CT molecular complexity index is 812. The zero-order valence-corrected chi connectivity index (χ0v) is 16.3. The van der Waals surface area contributed by atoms with Gasteiger partial charge in [0.25, 0.3) is 0 Å². The minimum Gasteiger partial charge on any atom is -0.370 e. The van der Waals surface area contributed by atoms with Crippen LogP contribution >= 0.6 is 0 Å². The molecule has 7 heteroatoms. The number of nitrogens with two attached hydrogens (primary N) is 1. The summed E-state index contributed by atoms with van der Waals surface area (Å²) in [4.78, 5) is 23.0. The second-order valence-electron chi connectivity index (χ2n) is 7.16. The molecule has 1 amide bonds. The van der Waals surface area contributed by atoms with E-state index in [9.17, 15) is 4.79 Å². The smallest absolute Gasteiger partial charge is 0.217 e. The summed E-state index contributed by atoms with van der Waals surface area (Å²) in [5, 5.41) is 3.39. The molecule has 3 N–H and O–H groups in total. The van der Waals surface area contributed by atoms with Crippen molar-refractivity contribution in [2.75, 3.05) is 26.2 Å². The fourth-order valence-electron chi connectivity index (χ4n) is 3.87. The molecule has 1 atom stereocenters. The van der Waals surface area contributed by atoms with Crippen LogP contribution in [0.25, 0.3) is 11.0 Å². The van der Waals surface area contributed by atoms with Crippen molar-refractivity contribution in [2.45, 2.75) is 39.7 Å². The molecule has 0 radical (unpaired) electrons. The number of aliphatic imine (C=N–C) groups is 1. The lowest BCUT2D eigenvalue weighted by molar-refractivity contribution is -0.119. The number of aryl methyl sites for hydroxylation is 1. The van der Waals surface area contributed by atoms with E-state index in [2.05, 4.69) is 32.8 Å². The van der Waals surface area contributed by atoms with Crippen LogP contribution < -0.4 is 11.1 Å². The second-order valence-corrected chi connectivity index (χ2v) is 7.16. The van der Waals surface area contributed by atoms with Crippen LogP contribution in [0.2, 0.25) is 0 Å². The molecule has 1 aromatic heterocycles. The molecule has 1 aliphatic heterocycles. The average Bonchev–Trinajstić information content (AvgIpc) is 2.96. The number of aromatic nitrogens is 2. The number of piperidine rings is 1.